The molecule has 2 aromatic carbocycles. The number of nitrogens with zero attached hydrogens (tertiary/aromatic N) is 3. The molecule has 1 fully saturated rings. The molecule has 3 aromatic rings. The highest BCUT2D eigenvalue weighted by molar-refractivity contribution is 7.22. The molecule has 2 heterocycles. The van der Waals surface area contributed by atoms with E-state index < -0.39 is 0 Å². The lowest BCUT2D eigenvalue weighted by atomic mass is 10.1. The molecule has 182 valence electrons. The minimum Gasteiger partial charge on any atom is -0.494 e. The number of aromatic nitrogens is 1. The topological polar surface area (TPSA) is 73.4 Å². The number of carbonyl (C=O) groups is 1. The van der Waals surface area contributed by atoms with Gasteiger partial charge in [0.25, 0.3) is 5.91 Å². The number of morpholine rings is 1. The predicted molar refractivity (Wildman–Crippen MR) is 134 cm³/mol. The summed E-state index contributed by atoms with van der Waals surface area (Å²) in [5, 5.41) is 0.657. The average Bonchev–Trinajstić information content (AvgIpc) is 3.33. The summed E-state index contributed by atoms with van der Waals surface area (Å²) in [5.41, 5.74) is 2.40. The summed E-state index contributed by atoms with van der Waals surface area (Å²) in [6.45, 7) is 6.83. The zero-order valence-corrected chi connectivity index (χ0v) is 20.9. The molecule has 1 saturated heterocycles. The summed E-state index contributed by atoms with van der Waals surface area (Å²) in [6.07, 6.45) is 0.824. The molecule has 1 aliphatic rings. The van der Waals surface area contributed by atoms with Gasteiger partial charge in [0.15, 0.2) is 16.6 Å². The standard InChI is InChI=1S/C25H31N3O5S/c1-17-6-8-20(31-3)22-23(17)34-25(26-22)28(11-5-10-27-12-14-33-15-13-27)24(29)18-7-9-19(30-2)21(16-18)32-4/h6-9,16H,5,10-15H2,1-4H3. The average molecular weight is 486 g/mol. The molecule has 1 aromatic heterocycles. The Balaban J connectivity index is 1.66. The first kappa shape index (κ1) is 24.3. The summed E-state index contributed by atoms with van der Waals surface area (Å²) in [4.78, 5) is 22.7. The van der Waals surface area contributed by atoms with Crippen LogP contribution in [0.2, 0.25) is 0 Å². The fraction of sp³-hybridized carbons (Fsp3) is 0.440. The van der Waals surface area contributed by atoms with Crippen molar-refractivity contribution < 1.29 is 23.7 Å². The van der Waals surface area contributed by atoms with Crippen LogP contribution in [0.5, 0.6) is 17.2 Å². The van der Waals surface area contributed by atoms with Crippen LogP contribution in [-0.2, 0) is 4.74 Å². The second-order valence-corrected chi connectivity index (χ2v) is 9.07. The molecular weight excluding hydrogens is 454 g/mol. The van der Waals surface area contributed by atoms with Crippen LogP contribution in [0, 0.1) is 6.92 Å². The number of rotatable bonds is 9. The lowest BCUT2D eigenvalue weighted by Gasteiger charge is -2.27. The fourth-order valence-corrected chi connectivity index (χ4v) is 5.14. The number of anilines is 1. The van der Waals surface area contributed by atoms with Crippen LogP contribution in [-0.4, -0.2) is 76.5 Å². The van der Waals surface area contributed by atoms with Gasteiger partial charge in [-0.2, -0.15) is 0 Å². The maximum absolute atomic E-state index is 13.7. The molecule has 8 nitrogen and oxygen atoms in total. The molecule has 0 N–H and O–H groups in total. The van der Waals surface area contributed by atoms with Gasteiger partial charge in [0.2, 0.25) is 0 Å². The van der Waals surface area contributed by atoms with Crippen LogP contribution in [0.3, 0.4) is 0 Å². The van der Waals surface area contributed by atoms with E-state index >= 15 is 0 Å². The summed E-state index contributed by atoms with van der Waals surface area (Å²) in [5.74, 6) is 1.68. The van der Waals surface area contributed by atoms with E-state index in [1.165, 1.54) is 11.3 Å². The van der Waals surface area contributed by atoms with Gasteiger partial charge in [0, 0.05) is 31.7 Å². The van der Waals surface area contributed by atoms with E-state index in [2.05, 4.69) is 4.90 Å². The number of benzene rings is 2. The van der Waals surface area contributed by atoms with Crippen molar-refractivity contribution in [2.45, 2.75) is 13.3 Å². The smallest absolute Gasteiger partial charge is 0.260 e. The van der Waals surface area contributed by atoms with E-state index in [1.54, 1.807) is 44.4 Å². The zero-order valence-electron chi connectivity index (χ0n) is 20.1. The van der Waals surface area contributed by atoms with Crippen molar-refractivity contribution in [3.8, 4) is 17.2 Å². The molecule has 0 saturated carbocycles. The summed E-state index contributed by atoms with van der Waals surface area (Å²) < 4.78 is 22.8. The summed E-state index contributed by atoms with van der Waals surface area (Å²) in [6, 6.07) is 9.17. The molecule has 1 amide bonds. The number of hydrogen-bond acceptors (Lipinski definition) is 8. The second kappa shape index (κ2) is 11.0. The summed E-state index contributed by atoms with van der Waals surface area (Å²) >= 11 is 1.51. The Labute approximate surface area is 204 Å². The van der Waals surface area contributed by atoms with Gasteiger partial charge in [-0.25, -0.2) is 4.98 Å². The second-order valence-electron chi connectivity index (χ2n) is 8.09. The van der Waals surface area contributed by atoms with Gasteiger partial charge in [-0.1, -0.05) is 17.4 Å². The van der Waals surface area contributed by atoms with Crippen molar-refractivity contribution in [2.24, 2.45) is 0 Å². The highest BCUT2D eigenvalue weighted by Crippen LogP contribution is 2.37. The van der Waals surface area contributed by atoms with E-state index in [4.69, 9.17) is 23.9 Å². The van der Waals surface area contributed by atoms with Gasteiger partial charge >= 0.3 is 0 Å². The minimum absolute atomic E-state index is 0.126. The van der Waals surface area contributed by atoms with Gasteiger partial charge in [0.1, 0.15) is 11.3 Å². The lowest BCUT2D eigenvalue weighted by molar-refractivity contribution is 0.0376. The highest BCUT2D eigenvalue weighted by Gasteiger charge is 2.24. The van der Waals surface area contributed by atoms with Crippen molar-refractivity contribution in [3.63, 3.8) is 0 Å². The van der Waals surface area contributed by atoms with E-state index in [0.29, 0.717) is 34.5 Å². The summed E-state index contributed by atoms with van der Waals surface area (Å²) in [7, 11) is 4.78. The number of hydrogen-bond donors (Lipinski definition) is 0. The van der Waals surface area contributed by atoms with Crippen molar-refractivity contribution >= 4 is 32.6 Å². The number of aryl methyl sites for hydroxylation is 1. The number of fused-ring (bicyclic) bond motifs is 1. The molecule has 4 rings (SSSR count). The normalized spacial score (nSPS) is 14.2. The molecule has 0 aliphatic carbocycles. The van der Waals surface area contributed by atoms with Crippen molar-refractivity contribution in [3.05, 3.63) is 41.5 Å². The molecule has 0 bridgehead atoms. The Kier molecular flexibility index (Phi) is 7.87. The Morgan fingerprint density at radius 2 is 1.76 bits per heavy atom. The Morgan fingerprint density at radius 3 is 2.47 bits per heavy atom. The minimum atomic E-state index is -0.126. The van der Waals surface area contributed by atoms with E-state index in [9.17, 15) is 4.79 Å². The van der Waals surface area contributed by atoms with E-state index in [0.717, 1.165) is 55.0 Å². The first-order chi connectivity index (χ1) is 16.5. The predicted octanol–water partition coefficient (Wildman–Crippen LogP) is 4.00. The van der Waals surface area contributed by atoms with Gasteiger partial charge in [-0.15, -0.1) is 0 Å². The zero-order chi connectivity index (χ0) is 24.1. The van der Waals surface area contributed by atoms with Crippen LogP contribution in [0.1, 0.15) is 22.3 Å². The largest absolute Gasteiger partial charge is 0.494 e. The monoisotopic (exact) mass is 485 g/mol. The van der Waals surface area contributed by atoms with Gasteiger partial charge in [-0.05, 0) is 43.2 Å². The van der Waals surface area contributed by atoms with Crippen molar-refractivity contribution in [1.82, 2.24) is 9.88 Å². The Bertz CT molecular complexity index is 1140. The van der Waals surface area contributed by atoms with Crippen LogP contribution in [0.25, 0.3) is 10.2 Å². The molecule has 0 spiro atoms. The third kappa shape index (κ3) is 5.11. The SMILES string of the molecule is COc1ccc(C(=O)N(CCCN2CCOCC2)c2nc3c(OC)ccc(C)c3s2)cc1OC. The number of carbonyl (C=O) groups excluding carboxylic acids is 1. The van der Waals surface area contributed by atoms with Crippen LogP contribution in [0.15, 0.2) is 30.3 Å². The molecular formula is C25H31N3O5S. The fourth-order valence-electron chi connectivity index (χ4n) is 4.06. The van der Waals surface area contributed by atoms with Crippen LogP contribution >= 0.6 is 11.3 Å². The van der Waals surface area contributed by atoms with Gasteiger partial charge < -0.3 is 18.9 Å². The van der Waals surface area contributed by atoms with Crippen molar-refractivity contribution in [2.75, 3.05) is 65.6 Å². The first-order valence-electron chi connectivity index (χ1n) is 11.3. The number of thiazole rings is 1. The third-order valence-electron chi connectivity index (χ3n) is 5.98. The first-order valence-corrected chi connectivity index (χ1v) is 12.2. The molecule has 9 heteroatoms. The maximum Gasteiger partial charge on any atom is 0.260 e. The Morgan fingerprint density at radius 1 is 1.06 bits per heavy atom. The van der Waals surface area contributed by atoms with Crippen molar-refractivity contribution in [1.29, 1.82) is 0 Å². The lowest BCUT2D eigenvalue weighted by Crippen LogP contribution is -2.39. The number of ether oxygens (including phenoxy) is 4. The van der Waals surface area contributed by atoms with E-state index in [-0.39, 0.29) is 5.91 Å². The van der Waals surface area contributed by atoms with Crippen LogP contribution in [0.4, 0.5) is 5.13 Å². The molecule has 0 radical (unpaired) electrons. The molecule has 0 atom stereocenters. The Hall–Kier alpha value is -2.88. The van der Waals surface area contributed by atoms with Crippen LogP contribution < -0.4 is 19.1 Å². The number of amides is 1. The van der Waals surface area contributed by atoms with Gasteiger partial charge in [0.05, 0.1) is 39.2 Å². The van der Waals surface area contributed by atoms with Gasteiger partial charge in [-0.3, -0.25) is 14.6 Å². The maximum atomic E-state index is 13.7. The molecule has 1 aliphatic heterocycles. The molecule has 34 heavy (non-hydrogen) atoms. The quantitative estimate of drug-likeness (QED) is 0.454. The van der Waals surface area contributed by atoms with E-state index in [1.807, 2.05) is 19.1 Å². The molecule has 0 unspecified atom stereocenters. The number of methoxy groups -OCH3 is 3. The third-order valence-corrected chi connectivity index (χ3v) is 7.19. The highest BCUT2D eigenvalue weighted by atomic mass is 32.1.